The van der Waals surface area contributed by atoms with E-state index in [1.54, 1.807) is 0 Å². The van der Waals surface area contributed by atoms with E-state index in [1.165, 1.54) is 34.4 Å². The molecule has 2 atom stereocenters. The molecule has 0 saturated carbocycles. The van der Waals surface area contributed by atoms with Gasteiger partial charge in [-0.1, -0.05) is 132 Å². The third-order valence-electron chi connectivity index (χ3n) is 6.01. The average Bonchev–Trinajstić information content (AvgIpc) is 3.35. The van der Waals surface area contributed by atoms with Gasteiger partial charge in [0.2, 0.25) is 0 Å². The lowest BCUT2D eigenvalue weighted by atomic mass is 10.2. The number of hydrogen-bond donors (Lipinski definition) is 0. The van der Waals surface area contributed by atoms with Gasteiger partial charge in [0.25, 0.3) is 0 Å². The highest BCUT2D eigenvalue weighted by molar-refractivity contribution is 7.05. The molecule has 0 amide bonds. The van der Waals surface area contributed by atoms with E-state index in [4.69, 9.17) is 0 Å². The molecule has 0 radical (unpaired) electrons. The largest absolute Gasteiger partial charge is 0.138 e. The SMILES string of the molecule is CCCC1=CC([Si](c2ccccc2)(c2ccccc2)C2C=CC(C)=C2)C=C1. The average molecular weight is 369 g/mol. The van der Waals surface area contributed by atoms with Crippen LogP contribution in [0.15, 0.2) is 108 Å². The van der Waals surface area contributed by atoms with Crippen molar-refractivity contribution in [1.82, 2.24) is 0 Å². The van der Waals surface area contributed by atoms with Gasteiger partial charge >= 0.3 is 0 Å². The van der Waals surface area contributed by atoms with Crippen LogP contribution in [0, 0.1) is 0 Å². The van der Waals surface area contributed by atoms with E-state index < -0.39 is 8.07 Å². The Morgan fingerprint density at radius 2 is 1.30 bits per heavy atom. The van der Waals surface area contributed by atoms with Crippen LogP contribution < -0.4 is 10.4 Å². The van der Waals surface area contributed by atoms with E-state index in [1.807, 2.05) is 0 Å². The summed E-state index contributed by atoms with van der Waals surface area (Å²) in [5.41, 5.74) is 3.87. The fourth-order valence-corrected chi connectivity index (χ4v) is 10.4. The number of benzene rings is 2. The molecule has 2 aromatic carbocycles. The smallest absolute Gasteiger partial charge is 0.0794 e. The van der Waals surface area contributed by atoms with Gasteiger partial charge in [-0.3, -0.25) is 0 Å². The van der Waals surface area contributed by atoms with E-state index in [0.29, 0.717) is 11.1 Å². The van der Waals surface area contributed by atoms with Crippen molar-refractivity contribution < 1.29 is 0 Å². The molecule has 27 heavy (non-hydrogen) atoms. The molecule has 0 aliphatic heterocycles. The van der Waals surface area contributed by atoms with Gasteiger partial charge in [-0.2, -0.15) is 0 Å². The third-order valence-corrected chi connectivity index (χ3v) is 11.4. The highest BCUT2D eigenvalue weighted by Crippen LogP contribution is 2.43. The first-order chi connectivity index (χ1) is 13.2. The Morgan fingerprint density at radius 1 is 0.741 bits per heavy atom. The van der Waals surface area contributed by atoms with E-state index in [0.717, 1.165) is 0 Å². The summed E-state index contributed by atoms with van der Waals surface area (Å²) in [6.07, 6.45) is 17.1. The Morgan fingerprint density at radius 3 is 1.81 bits per heavy atom. The van der Waals surface area contributed by atoms with Crippen LogP contribution in [0.4, 0.5) is 0 Å². The van der Waals surface area contributed by atoms with Crippen molar-refractivity contribution in [2.45, 2.75) is 37.8 Å². The van der Waals surface area contributed by atoms with Gasteiger partial charge in [0.1, 0.15) is 8.07 Å². The van der Waals surface area contributed by atoms with E-state index >= 15 is 0 Å². The maximum atomic E-state index is 2.57. The second kappa shape index (κ2) is 7.70. The molecular formula is C26H28Si. The first-order valence-corrected chi connectivity index (χ1v) is 12.3. The molecule has 2 aliphatic carbocycles. The van der Waals surface area contributed by atoms with Gasteiger partial charge in [-0.25, -0.2) is 0 Å². The van der Waals surface area contributed by atoms with Crippen LogP contribution in [0.5, 0.6) is 0 Å². The summed E-state index contributed by atoms with van der Waals surface area (Å²) < 4.78 is 0. The summed E-state index contributed by atoms with van der Waals surface area (Å²) in [5, 5.41) is 3.06. The van der Waals surface area contributed by atoms with Gasteiger partial charge in [0.15, 0.2) is 0 Å². The minimum Gasteiger partial charge on any atom is -0.0794 e. The summed E-state index contributed by atoms with van der Waals surface area (Å²) in [4.78, 5) is 0. The molecule has 2 aliphatic rings. The summed E-state index contributed by atoms with van der Waals surface area (Å²) >= 11 is 0. The second-order valence-electron chi connectivity index (χ2n) is 7.77. The Bertz CT molecular complexity index is 860. The summed E-state index contributed by atoms with van der Waals surface area (Å²) in [6.45, 7) is 4.50. The minimum atomic E-state index is -2.12. The fraction of sp³-hybridized carbons (Fsp3) is 0.231. The van der Waals surface area contributed by atoms with Crippen LogP contribution in [0.2, 0.25) is 11.1 Å². The molecule has 136 valence electrons. The normalized spacial score (nSPS) is 21.4. The molecule has 2 aromatic rings. The van der Waals surface area contributed by atoms with Crippen molar-refractivity contribution in [1.29, 1.82) is 0 Å². The van der Waals surface area contributed by atoms with Crippen LogP contribution in [-0.4, -0.2) is 8.07 Å². The maximum Gasteiger partial charge on any atom is 0.138 e. The van der Waals surface area contributed by atoms with E-state index in [2.05, 4.69) is 111 Å². The molecule has 0 fully saturated rings. The topological polar surface area (TPSA) is 0 Å². The lowest BCUT2D eigenvalue weighted by Crippen LogP contribution is -2.63. The first-order valence-electron chi connectivity index (χ1n) is 10.1. The highest BCUT2D eigenvalue weighted by atomic mass is 28.3. The Labute approximate surface area is 164 Å². The molecule has 4 rings (SSSR count). The monoisotopic (exact) mass is 368 g/mol. The fourth-order valence-electron chi connectivity index (χ4n) is 4.83. The van der Waals surface area contributed by atoms with Crippen LogP contribution in [-0.2, 0) is 0 Å². The predicted molar refractivity (Wildman–Crippen MR) is 120 cm³/mol. The first kappa shape index (κ1) is 18.0. The molecule has 0 nitrogen and oxygen atoms in total. The van der Waals surface area contributed by atoms with Gasteiger partial charge < -0.3 is 0 Å². The zero-order valence-corrected chi connectivity index (χ0v) is 17.3. The van der Waals surface area contributed by atoms with Crippen molar-refractivity contribution in [3.8, 4) is 0 Å². The Kier molecular flexibility index (Phi) is 5.13. The van der Waals surface area contributed by atoms with Crippen LogP contribution in [0.1, 0.15) is 26.7 Å². The van der Waals surface area contributed by atoms with Crippen molar-refractivity contribution in [2.75, 3.05) is 0 Å². The minimum absolute atomic E-state index is 0.481. The van der Waals surface area contributed by atoms with Gasteiger partial charge in [-0.15, -0.1) is 0 Å². The predicted octanol–water partition coefficient (Wildman–Crippen LogP) is 5.80. The van der Waals surface area contributed by atoms with Crippen molar-refractivity contribution in [3.05, 3.63) is 108 Å². The van der Waals surface area contributed by atoms with Gasteiger partial charge in [-0.05, 0) is 13.3 Å². The zero-order chi connectivity index (χ0) is 18.7. The molecule has 0 aromatic heterocycles. The molecule has 2 unspecified atom stereocenters. The Hall–Kier alpha value is -2.38. The molecule has 0 spiro atoms. The number of hydrogen-bond acceptors (Lipinski definition) is 0. The summed E-state index contributed by atoms with van der Waals surface area (Å²) in [7, 11) is -2.12. The molecule has 0 saturated heterocycles. The molecule has 0 N–H and O–H groups in total. The Balaban J connectivity index is 1.96. The van der Waals surface area contributed by atoms with Gasteiger partial charge in [0.05, 0.1) is 0 Å². The summed E-state index contributed by atoms with van der Waals surface area (Å²) in [6, 6.07) is 22.6. The van der Waals surface area contributed by atoms with E-state index in [-0.39, 0.29) is 0 Å². The highest BCUT2D eigenvalue weighted by Gasteiger charge is 2.48. The van der Waals surface area contributed by atoms with Crippen molar-refractivity contribution in [3.63, 3.8) is 0 Å². The van der Waals surface area contributed by atoms with Gasteiger partial charge in [0, 0.05) is 11.1 Å². The second-order valence-corrected chi connectivity index (χ2v) is 12.0. The maximum absolute atomic E-state index is 2.57. The lowest BCUT2D eigenvalue weighted by molar-refractivity contribution is 0.927. The number of allylic oxidation sites excluding steroid dienone is 8. The van der Waals surface area contributed by atoms with Crippen molar-refractivity contribution >= 4 is 18.4 Å². The molecule has 0 heterocycles. The molecule has 0 bridgehead atoms. The number of rotatable bonds is 6. The standard InChI is InChI=1S/C26H28Si/c1-3-10-22-16-18-26(20-22)27(23-11-6-4-7-12-23,24-13-8-5-9-14-24)25-17-15-21(2)19-25/h4-9,11-20,25-26H,3,10H2,1-2H3. The summed E-state index contributed by atoms with van der Waals surface area (Å²) in [5.74, 6) is 0. The lowest BCUT2D eigenvalue weighted by Gasteiger charge is -2.40. The van der Waals surface area contributed by atoms with Crippen LogP contribution >= 0.6 is 0 Å². The third kappa shape index (κ3) is 3.21. The molecular weight excluding hydrogens is 340 g/mol. The van der Waals surface area contributed by atoms with E-state index in [9.17, 15) is 0 Å². The van der Waals surface area contributed by atoms with Crippen LogP contribution in [0.3, 0.4) is 0 Å². The molecule has 1 heteroatoms. The van der Waals surface area contributed by atoms with Crippen molar-refractivity contribution in [2.24, 2.45) is 0 Å². The van der Waals surface area contributed by atoms with Crippen LogP contribution in [0.25, 0.3) is 0 Å². The zero-order valence-electron chi connectivity index (χ0n) is 16.3. The quantitative estimate of drug-likeness (QED) is 0.565.